The number of hydrogen-bond acceptors (Lipinski definition) is 5. The fourth-order valence-corrected chi connectivity index (χ4v) is 3.25. The van der Waals surface area contributed by atoms with E-state index in [0.717, 1.165) is 12.8 Å². The Morgan fingerprint density at radius 2 is 1.89 bits per heavy atom. The van der Waals surface area contributed by atoms with Crippen molar-refractivity contribution in [3.05, 3.63) is 0 Å². The molecule has 1 aliphatic carbocycles. The highest BCUT2D eigenvalue weighted by atomic mass is 32.2. The zero-order valence-corrected chi connectivity index (χ0v) is 12.5. The van der Waals surface area contributed by atoms with Gasteiger partial charge in [0.05, 0.1) is 20.1 Å². The highest BCUT2D eigenvalue weighted by molar-refractivity contribution is 7.86. The largest absolute Gasteiger partial charge is 0.469 e. The van der Waals surface area contributed by atoms with E-state index in [4.69, 9.17) is 4.74 Å². The Labute approximate surface area is 114 Å². The molecule has 0 heterocycles. The number of carbonyl (C=O) groups excluding carboxylic acids is 1. The summed E-state index contributed by atoms with van der Waals surface area (Å²) in [7, 11) is 0.762. The second-order valence-corrected chi connectivity index (χ2v) is 6.48. The smallest absolute Gasteiger partial charge is 0.306 e. The van der Waals surface area contributed by atoms with Crippen molar-refractivity contribution in [2.75, 3.05) is 41.0 Å². The molecule has 0 spiro atoms. The lowest BCUT2D eigenvalue weighted by atomic mass is 10.4. The normalized spacial score (nSPS) is 16.1. The van der Waals surface area contributed by atoms with Crippen molar-refractivity contribution in [1.82, 2.24) is 8.61 Å². The van der Waals surface area contributed by atoms with Gasteiger partial charge in [-0.05, 0) is 12.8 Å². The van der Waals surface area contributed by atoms with Crippen molar-refractivity contribution < 1.29 is 22.7 Å². The van der Waals surface area contributed by atoms with Gasteiger partial charge in [-0.3, -0.25) is 4.79 Å². The van der Waals surface area contributed by atoms with Gasteiger partial charge in [0, 0.05) is 33.3 Å². The van der Waals surface area contributed by atoms with E-state index in [2.05, 4.69) is 4.74 Å². The Hall–Kier alpha value is -0.700. The molecule has 0 radical (unpaired) electrons. The van der Waals surface area contributed by atoms with Gasteiger partial charge in [-0.15, -0.1) is 0 Å². The third kappa shape index (κ3) is 4.72. The first-order valence-corrected chi connectivity index (χ1v) is 7.62. The number of carbonyl (C=O) groups is 1. The van der Waals surface area contributed by atoms with Crippen LogP contribution in [-0.4, -0.2) is 70.0 Å². The third-order valence-electron chi connectivity index (χ3n) is 3.02. The summed E-state index contributed by atoms with van der Waals surface area (Å²) in [6, 6.07) is 0.0701. The summed E-state index contributed by atoms with van der Waals surface area (Å²) in [5, 5.41) is 0. The van der Waals surface area contributed by atoms with Gasteiger partial charge >= 0.3 is 5.97 Å². The fourth-order valence-electron chi connectivity index (χ4n) is 1.68. The van der Waals surface area contributed by atoms with Gasteiger partial charge < -0.3 is 9.47 Å². The Balaban J connectivity index is 2.61. The minimum absolute atomic E-state index is 0.0506. The van der Waals surface area contributed by atoms with Gasteiger partial charge in [-0.25, -0.2) is 0 Å². The SMILES string of the molecule is COCCN(C1CC1)S(=O)(=O)N(C)CCC(=O)OC. The Morgan fingerprint density at radius 1 is 1.26 bits per heavy atom. The molecule has 0 aromatic heterocycles. The van der Waals surface area contributed by atoms with E-state index in [0.29, 0.717) is 13.2 Å². The second-order valence-electron chi connectivity index (χ2n) is 4.49. The molecule has 0 saturated heterocycles. The minimum Gasteiger partial charge on any atom is -0.469 e. The zero-order chi connectivity index (χ0) is 14.5. The lowest BCUT2D eigenvalue weighted by Crippen LogP contribution is -2.45. The van der Waals surface area contributed by atoms with Crippen LogP contribution in [0.25, 0.3) is 0 Å². The van der Waals surface area contributed by atoms with Crippen LogP contribution in [0.2, 0.25) is 0 Å². The Morgan fingerprint density at radius 3 is 2.37 bits per heavy atom. The van der Waals surface area contributed by atoms with Crippen LogP contribution in [-0.2, 0) is 24.5 Å². The van der Waals surface area contributed by atoms with Crippen molar-refractivity contribution in [2.24, 2.45) is 0 Å². The van der Waals surface area contributed by atoms with E-state index in [-0.39, 0.29) is 19.0 Å². The van der Waals surface area contributed by atoms with Crippen LogP contribution >= 0.6 is 0 Å². The molecule has 8 heteroatoms. The van der Waals surface area contributed by atoms with Crippen molar-refractivity contribution in [3.63, 3.8) is 0 Å². The monoisotopic (exact) mass is 294 g/mol. The summed E-state index contributed by atoms with van der Waals surface area (Å²) in [5.41, 5.74) is 0. The highest BCUT2D eigenvalue weighted by Gasteiger charge is 2.38. The van der Waals surface area contributed by atoms with Crippen molar-refractivity contribution in [2.45, 2.75) is 25.3 Å². The first-order valence-electron chi connectivity index (χ1n) is 6.22. The highest BCUT2D eigenvalue weighted by Crippen LogP contribution is 2.29. The average molecular weight is 294 g/mol. The van der Waals surface area contributed by atoms with E-state index in [1.807, 2.05) is 0 Å². The topological polar surface area (TPSA) is 76.2 Å². The lowest BCUT2D eigenvalue weighted by molar-refractivity contribution is -0.140. The molecular formula is C11H22N2O5S. The minimum atomic E-state index is -3.54. The van der Waals surface area contributed by atoms with Crippen LogP contribution in [0.1, 0.15) is 19.3 Å². The van der Waals surface area contributed by atoms with Crippen molar-refractivity contribution in [3.8, 4) is 0 Å². The van der Waals surface area contributed by atoms with Gasteiger partial charge in [0.15, 0.2) is 0 Å². The molecule has 19 heavy (non-hydrogen) atoms. The molecule has 112 valence electrons. The summed E-state index contributed by atoms with van der Waals surface area (Å²) in [5.74, 6) is -0.420. The van der Waals surface area contributed by atoms with Gasteiger partial charge in [-0.2, -0.15) is 17.0 Å². The molecule has 0 N–H and O–H groups in total. The van der Waals surface area contributed by atoms with Crippen LogP contribution < -0.4 is 0 Å². The molecule has 7 nitrogen and oxygen atoms in total. The third-order valence-corrected chi connectivity index (χ3v) is 5.06. The number of nitrogens with zero attached hydrogens (tertiary/aromatic N) is 2. The van der Waals surface area contributed by atoms with E-state index >= 15 is 0 Å². The Bertz CT molecular complexity index is 394. The zero-order valence-electron chi connectivity index (χ0n) is 11.7. The van der Waals surface area contributed by atoms with Gasteiger partial charge in [0.25, 0.3) is 10.2 Å². The first-order chi connectivity index (χ1) is 8.93. The quantitative estimate of drug-likeness (QED) is 0.552. The van der Waals surface area contributed by atoms with Crippen LogP contribution in [0.4, 0.5) is 0 Å². The number of rotatable bonds is 9. The summed E-state index contributed by atoms with van der Waals surface area (Å²) < 4.78 is 36.8. The lowest BCUT2D eigenvalue weighted by Gasteiger charge is -2.27. The summed E-state index contributed by atoms with van der Waals surface area (Å²) in [6.45, 7) is 0.817. The average Bonchev–Trinajstić information content (AvgIpc) is 3.20. The number of hydrogen-bond donors (Lipinski definition) is 0. The molecular weight excluding hydrogens is 272 g/mol. The maximum absolute atomic E-state index is 12.4. The van der Waals surface area contributed by atoms with Gasteiger partial charge in [0.2, 0.25) is 0 Å². The Kier molecular flexibility index (Phi) is 6.18. The second kappa shape index (κ2) is 7.18. The summed E-state index contributed by atoms with van der Waals surface area (Å²) in [6.07, 6.45) is 1.82. The van der Waals surface area contributed by atoms with Gasteiger partial charge in [-0.1, -0.05) is 0 Å². The molecule has 0 atom stereocenters. The van der Waals surface area contributed by atoms with E-state index in [9.17, 15) is 13.2 Å². The predicted octanol–water partition coefficient (Wildman–Crippen LogP) is -0.163. The number of esters is 1. The fraction of sp³-hybridized carbons (Fsp3) is 0.909. The van der Waals surface area contributed by atoms with Crippen molar-refractivity contribution >= 4 is 16.2 Å². The maximum atomic E-state index is 12.4. The number of methoxy groups -OCH3 is 2. The molecule has 1 saturated carbocycles. The van der Waals surface area contributed by atoms with Crippen LogP contribution in [0.3, 0.4) is 0 Å². The molecule has 0 amide bonds. The summed E-state index contributed by atoms with van der Waals surface area (Å²) >= 11 is 0. The number of ether oxygens (including phenoxy) is 2. The van der Waals surface area contributed by atoms with Crippen molar-refractivity contribution in [1.29, 1.82) is 0 Å². The molecule has 0 bridgehead atoms. The standard InChI is InChI=1S/C11H22N2O5S/c1-12(7-6-11(14)18-3)19(15,16)13(8-9-17-2)10-4-5-10/h10H,4-9H2,1-3H3. The molecule has 0 aromatic rings. The maximum Gasteiger partial charge on any atom is 0.306 e. The molecule has 1 aliphatic rings. The molecule has 0 aliphatic heterocycles. The summed E-state index contributed by atoms with van der Waals surface area (Å²) in [4.78, 5) is 11.1. The van der Waals surface area contributed by atoms with E-state index in [1.54, 1.807) is 7.11 Å². The molecule has 1 fully saturated rings. The predicted molar refractivity (Wildman–Crippen MR) is 69.8 cm³/mol. The molecule has 1 rings (SSSR count). The molecule has 0 aromatic carbocycles. The van der Waals surface area contributed by atoms with Gasteiger partial charge in [0.1, 0.15) is 0 Å². The first kappa shape index (κ1) is 16.4. The van der Waals surface area contributed by atoms with E-state index in [1.165, 1.54) is 22.8 Å². The van der Waals surface area contributed by atoms with E-state index < -0.39 is 16.2 Å². The van der Waals surface area contributed by atoms with Crippen LogP contribution in [0.5, 0.6) is 0 Å². The van der Waals surface area contributed by atoms with Crippen LogP contribution in [0.15, 0.2) is 0 Å². The van der Waals surface area contributed by atoms with Crippen LogP contribution in [0, 0.1) is 0 Å². The molecule has 0 unspecified atom stereocenters.